The number of amides is 1. The van der Waals surface area contributed by atoms with Crippen LogP contribution in [0.1, 0.15) is 45.4 Å². The van der Waals surface area contributed by atoms with Crippen molar-refractivity contribution in [1.82, 2.24) is 10.2 Å². The van der Waals surface area contributed by atoms with Crippen LogP contribution in [0.3, 0.4) is 0 Å². The van der Waals surface area contributed by atoms with E-state index in [1.54, 1.807) is 7.11 Å². The molecule has 0 aromatic heterocycles. The standard InChI is InChI=1S/C15H28N2O2/c1-12-8-10-17(11-14(12)19-2)15(18)7-6-13-5-3-4-9-16-13/h12-14,16H,3-11H2,1-2H3. The molecule has 2 aliphatic rings. The highest BCUT2D eigenvalue weighted by molar-refractivity contribution is 5.76. The number of hydrogen-bond acceptors (Lipinski definition) is 3. The zero-order valence-corrected chi connectivity index (χ0v) is 12.4. The highest BCUT2D eigenvalue weighted by Gasteiger charge is 2.28. The lowest BCUT2D eigenvalue weighted by Gasteiger charge is -2.36. The van der Waals surface area contributed by atoms with Crippen molar-refractivity contribution in [1.29, 1.82) is 0 Å². The van der Waals surface area contributed by atoms with E-state index in [1.165, 1.54) is 19.3 Å². The van der Waals surface area contributed by atoms with Crippen molar-refractivity contribution in [2.45, 2.75) is 57.6 Å². The van der Waals surface area contributed by atoms with E-state index in [-0.39, 0.29) is 6.10 Å². The number of piperidine rings is 2. The molecule has 1 N–H and O–H groups in total. The summed E-state index contributed by atoms with van der Waals surface area (Å²) in [6.07, 6.45) is 6.76. The van der Waals surface area contributed by atoms with Gasteiger partial charge >= 0.3 is 0 Å². The Morgan fingerprint density at radius 1 is 1.37 bits per heavy atom. The molecule has 3 atom stereocenters. The molecule has 2 aliphatic heterocycles. The first-order valence-corrected chi connectivity index (χ1v) is 7.74. The Morgan fingerprint density at radius 2 is 2.21 bits per heavy atom. The molecule has 2 rings (SSSR count). The van der Waals surface area contributed by atoms with E-state index in [1.807, 2.05) is 4.90 Å². The SMILES string of the molecule is COC1CN(C(=O)CCC2CCCCN2)CCC1C. The smallest absolute Gasteiger partial charge is 0.222 e. The van der Waals surface area contributed by atoms with Crippen LogP contribution >= 0.6 is 0 Å². The zero-order chi connectivity index (χ0) is 13.7. The van der Waals surface area contributed by atoms with E-state index in [9.17, 15) is 4.79 Å². The van der Waals surface area contributed by atoms with Crippen LogP contribution in [0.5, 0.6) is 0 Å². The third kappa shape index (κ3) is 4.18. The lowest BCUT2D eigenvalue weighted by Crippen LogP contribution is -2.47. The molecule has 0 spiro atoms. The highest BCUT2D eigenvalue weighted by atomic mass is 16.5. The quantitative estimate of drug-likeness (QED) is 0.845. The molecule has 0 aromatic rings. The van der Waals surface area contributed by atoms with Gasteiger partial charge in [-0.05, 0) is 38.1 Å². The van der Waals surface area contributed by atoms with Gasteiger partial charge in [0.2, 0.25) is 5.91 Å². The fourth-order valence-corrected chi connectivity index (χ4v) is 3.19. The number of methoxy groups -OCH3 is 1. The normalized spacial score (nSPS) is 32.3. The first-order valence-electron chi connectivity index (χ1n) is 7.74. The number of carbonyl (C=O) groups excluding carboxylic acids is 1. The number of rotatable bonds is 4. The Kier molecular flexibility index (Phi) is 5.64. The molecule has 0 aromatic carbocycles. The summed E-state index contributed by atoms with van der Waals surface area (Å²) in [4.78, 5) is 14.2. The van der Waals surface area contributed by atoms with Gasteiger partial charge < -0.3 is 15.0 Å². The molecule has 0 aliphatic carbocycles. The van der Waals surface area contributed by atoms with E-state index >= 15 is 0 Å². The third-order valence-corrected chi connectivity index (χ3v) is 4.66. The van der Waals surface area contributed by atoms with E-state index in [0.29, 0.717) is 24.3 Å². The molecule has 2 saturated heterocycles. The lowest BCUT2D eigenvalue weighted by molar-refractivity contribution is -0.136. The number of hydrogen-bond donors (Lipinski definition) is 1. The van der Waals surface area contributed by atoms with E-state index in [4.69, 9.17) is 4.74 Å². The summed E-state index contributed by atoms with van der Waals surface area (Å²) in [5.74, 6) is 0.871. The van der Waals surface area contributed by atoms with Crippen molar-refractivity contribution in [2.75, 3.05) is 26.7 Å². The summed E-state index contributed by atoms with van der Waals surface area (Å²) in [7, 11) is 1.75. The van der Waals surface area contributed by atoms with Gasteiger partial charge in [-0.1, -0.05) is 13.3 Å². The topological polar surface area (TPSA) is 41.6 Å². The van der Waals surface area contributed by atoms with Gasteiger partial charge in [-0.3, -0.25) is 4.79 Å². The van der Waals surface area contributed by atoms with Crippen molar-refractivity contribution >= 4 is 5.91 Å². The third-order valence-electron chi connectivity index (χ3n) is 4.66. The second-order valence-corrected chi connectivity index (χ2v) is 6.07. The maximum atomic E-state index is 12.3. The molecule has 2 heterocycles. The lowest BCUT2D eigenvalue weighted by atomic mass is 9.95. The maximum absolute atomic E-state index is 12.3. The van der Waals surface area contributed by atoms with Crippen molar-refractivity contribution in [3.05, 3.63) is 0 Å². The molecule has 4 nitrogen and oxygen atoms in total. The van der Waals surface area contributed by atoms with Crippen LogP contribution in [-0.2, 0) is 9.53 Å². The van der Waals surface area contributed by atoms with E-state index in [0.717, 1.165) is 32.5 Å². The minimum Gasteiger partial charge on any atom is -0.379 e. The van der Waals surface area contributed by atoms with Gasteiger partial charge in [0.1, 0.15) is 0 Å². The molecule has 2 fully saturated rings. The second kappa shape index (κ2) is 7.25. The molecule has 0 bridgehead atoms. The van der Waals surface area contributed by atoms with Crippen LogP contribution in [0.15, 0.2) is 0 Å². The van der Waals surface area contributed by atoms with Crippen LogP contribution in [0, 0.1) is 5.92 Å². The number of carbonyl (C=O) groups is 1. The summed E-state index contributed by atoms with van der Waals surface area (Å²) in [5.41, 5.74) is 0. The minimum absolute atomic E-state index is 0.213. The maximum Gasteiger partial charge on any atom is 0.222 e. The van der Waals surface area contributed by atoms with Crippen molar-refractivity contribution in [3.8, 4) is 0 Å². The second-order valence-electron chi connectivity index (χ2n) is 6.07. The zero-order valence-electron chi connectivity index (χ0n) is 12.4. The predicted octanol–water partition coefficient (Wildman–Crippen LogP) is 1.79. The molecule has 1 amide bonds. The Labute approximate surface area is 116 Å². The van der Waals surface area contributed by atoms with Crippen molar-refractivity contribution in [3.63, 3.8) is 0 Å². The van der Waals surface area contributed by atoms with Crippen LogP contribution in [-0.4, -0.2) is 49.7 Å². The molecule has 4 heteroatoms. The number of ether oxygens (including phenoxy) is 1. The average molecular weight is 268 g/mol. The van der Waals surface area contributed by atoms with Gasteiger partial charge in [-0.15, -0.1) is 0 Å². The van der Waals surface area contributed by atoms with Gasteiger partial charge in [0.25, 0.3) is 0 Å². The van der Waals surface area contributed by atoms with Crippen LogP contribution in [0.2, 0.25) is 0 Å². The molecule has 0 radical (unpaired) electrons. The van der Waals surface area contributed by atoms with E-state index in [2.05, 4.69) is 12.2 Å². The van der Waals surface area contributed by atoms with Gasteiger partial charge in [0.05, 0.1) is 6.10 Å². The summed E-state index contributed by atoms with van der Waals surface area (Å²) in [5, 5.41) is 3.51. The van der Waals surface area contributed by atoms with Gasteiger partial charge in [-0.25, -0.2) is 0 Å². The number of nitrogens with zero attached hydrogens (tertiary/aromatic N) is 1. The monoisotopic (exact) mass is 268 g/mol. The Balaban J connectivity index is 1.73. The minimum atomic E-state index is 0.213. The van der Waals surface area contributed by atoms with Crippen LogP contribution in [0.25, 0.3) is 0 Å². The molecule has 19 heavy (non-hydrogen) atoms. The fourth-order valence-electron chi connectivity index (χ4n) is 3.19. The largest absolute Gasteiger partial charge is 0.379 e. The number of likely N-dealkylation sites (tertiary alicyclic amines) is 1. The molecule has 0 saturated carbocycles. The van der Waals surface area contributed by atoms with Crippen molar-refractivity contribution < 1.29 is 9.53 Å². The highest BCUT2D eigenvalue weighted by Crippen LogP contribution is 2.21. The molecular weight excluding hydrogens is 240 g/mol. The Bertz CT molecular complexity index is 290. The summed E-state index contributed by atoms with van der Waals surface area (Å²) in [6, 6.07) is 0.555. The number of nitrogens with one attached hydrogen (secondary N) is 1. The van der Waals surface area contributed by atoms with Crippen molar-refractivity contribution in [2.24, 2.45) is 5.92 Å². The molecule has 110 valence electrons. The summed E-state index contributed by atoms with van der Waals surface area (Å²) < 4.78 is 5.47. The first kappa shape index (κ1) is 14.8. The summed E-state index contributed by atoms with van der Waals surface area (Å²) >= 11 is 0. The Hall–Kier alpha value is -0.610. The predicted molar refractivity (Wildman–Crippen MR) is 76.0 cm³/mol. The fraction of sp³-hybridized carbons (Fsp3) is 0.933. The summed E-state index contributed by atoms with van der Waals surface area (Å²) in [6.45, 7) is 5.00. The van der Waals surface area contributed by atoms with Gasteiger partial charge in [0.15, 0.2) is 0 Å². The van der Waals surface area contributed by atoms with Gasteiger partial charge in [-0.2, -0.15) is 0 Å². The van der Waals surface area contributed by atoms with Crippen LogP contribution < -0.4 is 5.32 Å². The first-order chi connectivity index (χ1) is 9.20. The molecule has 3 unspecified atom stereocenters. The Morgan fingerprint density at radius 3 is 2.89 bits per heavy atom. The van der Waals surface area contributed by atoms with E-state index < -0.39 is 0 Å². The average Bonchev–Trinajstić information content (AvgIpc) is 2.46. The van der Waals surface area contributed by atoms with Crippen LogP contribution in [0.4, 0.5) is 0 Å². The van der Waals surface area contributed by atoms with Gasteiger partial charge in [0, 0.05) is 32.7 Å². The molecular formula is C15H28N2O2.